The van der Waals surface area contributed by atoms with Gasteiger partial charge in [0.05, 0.1) is 0 Å². The second-order valence-electron chi connectivity index (χ2n) is 5.85. The minimum absolute atomic E-state index is 0.252. The van der Waals surface area contributed by atoms with E-state index in [-0.39, 0.29) is 11.3 Å². The summed E-state index contributed by atoms with van der Waals surface area (Å²) in [7, 11) is 0. The van der Waals surface area contributed by atoms with Gasteiger partial charge in [0.25, 0.3) is 0 Å². The smallest absolute Gasteiger partial charge is 0.227 e. The van der Waals surface area contributed by atoms with Gasteiger partial charge in [-0.3, -0.25) is 9.89 Å². The van der Waals surface area contributed by atoms with Crippen molar-refractivity contribution in [3.63, 3.8) is 0 Å². The number of aromatic nitrogens is 2. The predicted octanol–water partition coefficient (Wildman–Crippen LogP) is 2.16. The van der Waals surface area contributed by atoms with E-state index in [0.717, 1.165) is 31.6 Å². The van der Waals surface area contributed by atoms with Crippen LogP contribution < -0.4 is 0 Å². The van der Waals surface area contributed by atoms with Crippen LogP contribution in [0, 0.1) is 5.41 Å². The fourth-order valence-corrected chi connectivity index (χ4v) is 2.38. The Morgan fingerprint density at radius 1 is 1.53 bits per heavy atom. The first-order chi connectivity index (χ1) is 7.98. The molecular formula is C13H21N3O. The van der Waals surface area contributed by atoms with Gasteiger partial charge in [0.15, 0.2) is 0 Å². The molecule has 1 amide bonds. The van der Waals surface area contributed by atoms with Crippen LogP contribution in [0.2, 0.25) is 0 Å². The van der Waals surface area contributed by atoms with Crippen LogP contribution in [-0.2, 0) is 4.79 Å². The normalized spacial score (nSPS) is 21.6. The van der Waals surface area contributed by atoms with Gasteiger partial charge in [0.1, 0.15) is 0 Å². The minimum Gasteiger partial charge on any atom is -0.342 e. The quantitative estimate of drug-likeness (QED) is 0.811. The molecule has 1 aromatic heterocycles. The maximum Gasteiger partial charge on any atom is 0.227 e. The van der Waals surface area contributed by atoms with Crippen LogP contribution in [-0.4, -0.2) is 34.1 Å². The van der Waals surface area contributed by atoms with Crippen LogP contribution in [0.4, 0.5) is 0 Å². The lowest BCUT2D eigenvalue weighted by molar-refractivity contribution is -0.140. The number of hydrogen-bond acceptors (Lipinski definition) is 2. The molecule has 0 radical (unpaired) electrons. The number of H-pyrrole nitrogens is 1. The van der Waals surface area contributed by atoms with Gasteiger partial charge in [-0.2, -0.15) is 5.10 Å². The first kappa shape index (κ1) is 12.1. The number of hydrogen-bond donors (Lipinski definition) is 1. The van der Waals surface area contributed by atoms with Crippen LogP contribution in [0.15, 0.2) is 12.3 Å². The van der Waals surface area contributed by atoms with Crippen LogP contribution in [0.25, 0.3) is 0 Å². The van der Waals surface area contributed by atoms with Crippen LogP contribution >= 0.6 is 0 Å². The summed E-state index contributed by atoms with van der Waals surface area (Å²) in [5.41, 5.74) is 0.868. The minimum atomic E-state index is -0.282. The molecule has 17 heavy (non-hydrogen) atoms. The van der Waals surface area contributed by atoms with Crippen molar-refractivity contribution >= 4 is 5.91 Å². The largest absolute Gasteiger partial charge is 0.342 e. The number of likely N-dealkylation sites (tertiary alicyclic amines) is 1. The molecule has 2 heterocycles. The molecule has 4 heteroatoms. The number of nitrogens with zero attached hydrogens (tertiary/aromatic N) is 2. The van der Waals surface area contributed by atoms with Crippen LogP contribution in [0.1, 0.15) is 45.2 Å². The maximum atomic E-state index is 12.2. The molecule has 94 valence electrons. The lowest BCUT2D eigenvalue weighted by Gasteiger charge is -2.36. The molecule has 1 aliphatic rings. The van der Waals surface area contributed by atoms with Gasteiger partial charge in [-0.1, -0.05) is 20.8 Å². The van der Waals surface area contributed by atoms with Crippen molar-refractivity contribution in [2.75, 3.05) is 13.1 Å². The van der Waals surface area contributed by atoms with Crippen molar-refractivity contribution in [1.29, 1.82) is 0 Å². The third-order valence-electron chi connectivity index (χ3n) is 3.31. The fourth-order valence-electron chi connectivity index (χ4n) is 2.38. The summed E-state index contributed by atoms with van der Waals surface area (Å²) < 4.78 is 0. The zero-order chi connectivity index (χ0) is 12.5. The zero-order valence-electron chi connectivity index (χ0n) is 10.9. The molecule has 1 fully saturated rings. The highest BCUT2D eigenvalue weighted by Crippen LogP contribution is 2.28. The Hall–Kier alpha value is -1.32. The van der Waals surface area contributed by atoms with E-state index in [9.17, 15) is 4.79 Å². The number of carbonyl (C=O) groups is 1. The molecule has 0 spiro atoms. The highest BCUT2D eigenvalue weighted by atomic mass is 16.2. The molecule has 0 bridgehead atoms. The number of rotatable bonds is 1. The van der Waals surface area contributed by atoms with E-state index >= 15 is 0 Å². The number of nitrogens with one attached hydrogen (secondary N) is 1. The number of carbonyl (C=O) groups excluding carboxylic acids is 1. The molecule has 1 N–H and O–H groups in total. The van der Waals surface area contributed by atoms with Crippen molar-refractivity contribution in [3.05, 3.63) is 18.0 Å². The first-order valence-electron chi connectivity index (χ1n) is 6.27. The van der Waals surface area contributed by atoms with Crippen molar-refractivity contribution in [2.45, 2.75) is 39.5 Å². The molecule has 1 unspecified atom stereocenters. The maximum absolute atomic E-state index is 12.2. The Labute approximate surface area is 102 Å². The summed E-state index contributed by atoms with van der Waals surface area (Å²) in [5.74, 6) is 0.666. The Bertz CT molecular complexity index is 378. The molecule has 0 saturated carbocycles. The Morgan fingerprint density at radius 3 is 2.88 bits per heavy atom. The molecular weight excluding hydrogens is 214 g/mol. The highest BCUT2D eigenvalue weighted by molar-refractivity contribution is 5.81. The molecule has 4 nitrogen and oxygen atoms in total. The Kier molecular flexibility index (Phi) is 3.22. The van der Waals surface area contributed by atoms with E-state index in [2.05, 4.69) is 10.2 Å². The topological polar surface area (TPSA) is 49.0 Å². The van der Waals surface area contributed by atoms with E-state index in [0.29, 0.717) is 5.92 Å². The summed E-state index contributed by atoms with van der Waals surface area (Å²) in [4.78, 5) is 14.2. The summed E-state index contributed by atoms with van der Waals surface area (Å²) >= 11 is 0. The zero-order valence-corrected chi connectivity index (χ0v) is 10.9. The number of amides is 1. The van der Waals surface area contributed by atoms with E-state index in [1.54, 1.807) is 6.20 Å². The van der Waals surface area contributed by atoms with E-state index < -0.39 is 0 Å². The van der Waals surface area contributed by atoms with E-state index in [1.807, 2.05) is 31.7 Å². The van der Waals surface area contributed by atoms with Gasteiger partial charge in [0, 0.05) is 36.3 Å². The predicted molar refractivity (Wildman–Crippen MR) is 66.6 cm³/mol. The summed E-state index contributed by atoms with van der Waals surface area (Å²) in [6.45, 7) is 7.65. The molecule has 1 aromatic rings. The van der Waals surface area contributed by atoms with Gasteiger partial charge < -0.3 is 4.90 Å². The molecule has 0 aliphatic carbocycles. The molecule has 1 saturated heterocycles. The average molecular weight is 235 g/mol. The second-order valence-corrected chi connectivity index (χ2v) is 5.85. The van der Waals surface area contributed by atoms with Crippen molar-refractivity contribution in [2.24, 2.45) is 5.41 Å². The Morgan fingerprint density at radius 2 is 2.29 bits per heavy atom. The van der Waals surface area contributed by atoms with Gasteiger partial charge in [-0.15, -0.1) is 0 Å². The van der Waals surface area contributed by atoms with E-state index in [1.165, 1.54) is 0 Å². The molecule has 1 aliphatic heterocycles. The van der Waals surface area contributed by atoms with Crippen molar-refractivity contribution < 1.29 is 4.79 Å². The standard InChI is InChI=1S/C13H21N3O/c1-13(2,3)12(17)16-8-4-5-10(9-16)11-6-7-14-15-11/h6-7,10H,4-5,8-9H2,1-3H3,(H,14,15). The van der Waals surface area contributed by atoms with Gasteiger partial charge in [-0.25, -0.2) is 0 Å². The lowest BCUT2D eigenvalue weighted by atomic mass is 9.90. The molecule has 1 atom stereocenters. The van der Waals surface area contributed by atoms with E-state index in [4.69, 9.17) is 0 Å². The number of piperidine rings is 1. The SMILES string of the molecule is CC(C)(C)C(=O)N1CCCC(c2ccn[nH]2)C1. The van der Waals surface area contributed by atoms with Gasteiger partial charge >= 0.3 is 0 Å². The van der Waals surface area contributed by atoms with Gasteiger partial charge in [0.2, 0.25) is 5.91 Å². The summed E-state index contributed by atoms with van der Waals surface area (Å²) in [5, 5.41) is 7.00. The summed E-state index contributed by atoms with van der Waals surface area (Å²) in [6, 6.07) is 2.01. The average Bonchev–Trinajstić information content (AvgIpc) is 2.80. The van der Waals surface area contributed by atoms with Gasteiger partial charge in [-0.05, 0) is 18.9 Å². The van der Waals surface area contributed by atoms with Crippen LogP contribution in [0.3, 0.4) is 0 Å². The van der Waals surface area contributed by atoms with Crippen LogP contribution in [0.5, 0.6) is 0 Å². The third kappa shape index (κ3) is 2.68. The third-order valence-corrected chi connectivity index (χ3v) is 3.31. The molecule has 2 rings (SSSR count). The molecule has 0 aromatic carbocycles. The fraction of sp³-hybridized carbons (Fsp3) is 0.692. The summed E-state index contributed by atoms with van der Waals surface area (Å²) in [6.07, 6.45) is 3.99. The second kappa shape index (κ2) is 4.51. The van der Waals surface area contributed by atoms with Crippen molar-refractivity contribution in [3.8, 4) is 0 Å². The van der Waals surface area contributed by atoms with Crippen molar-refractivity contribution in [1.82, 2.24) is 15.1 Å². The monoisotopic (exact) mass is 235 g/mol. The highest BCUT2D eigenvalue weighted by Gasteiger charge is 2.31. The number of aromatic amines is 1. The first-order valence-corrected chi connectivity index (χ1v) is 6.27. The lowest BCUT2D eigenvalue weighted by Crippen LogP contribution is -2.44. The Balaban J connectivity index is 2.05.